The highest BCUT2D eigenvalue weighted by Crippen LogP contribution is 2.30. The quantitative estimate of drug-likeness (QED) is 0.932. The number of aromatic nitrogens is 3. The summed E-state index contributed by atoms with van der Waals surface area (Å²) in [5, 5.41) is 12.0. The summed E-state index contributed by atoms with van der Waals surface area (Å²) in [6, 6.07) is 0. The molecule has 1 aliphatic heterocycles. The molecule has 2 aromatic rings. The van der Waals surface area contributed by atoms with Crippen molar-refractivity contribution in [1.29, 1.82) is 0 Å². The van der Waals surface area contributed by atoms with E-state index in [2.05, 4.69) is 19.4 Å². The number of anilines is 1. The summed E-state index contributed by atoms with van der Waals surface area (Å²) in [5.41, 5.74) is -0.345. The average molecular weight is 292 g/mol. The number of thiazole rings is 1. The van der Waals surface area contributed by atoms with Crippen molar-refractivity contribution in [2.75, 3.05) is 11.4 Å². The fourth-order valence-electron chi connectivity index (χ4n) is 2.14. The largest absolute Gasteiger partial charge is 0.481 e. The lowest BCUT2D eigenvalue weighted by Crippen LogP contribution is -2.34. The number of carboxylic acid groups (broad SMARTS) is 1. The first kappa shape index (κ1) is 13.1. The van der Waals surface area contributed by atoms with E-state index >= 15 is 0 Å². The molecule has 0 radical (unpaired) electrons. The number of carboxylic acids is 1. The highest BCUT2D eigenvalue weighted by atomic mass is 32.1. The van der Waals surface area contributed by atoms with Crippen LogP contribution >= 0.6 is 11.3 Å². The lowest BCUT2D eigenvalue weighted by atomic mass is 9.90. The number of hydrogen-bond acceptors (Lipinski definition) is 5. The van der Waals surface area contributed by atoms with Crippen molar-refractivity contribution in [3.63, 3.8) is 0 Å². The van der Waals surface area contributed by atoms with Gasteiger partial charge in [-0.05, 0) is 13.8 Å². The maximum absolute atomic E-state index is 11.3. The molecule has 20 heavy (non-hydrogen) atoms. The summed E-state index contributed by atoms with van der Waals surface area (Å²) in [6.45, 7) is 5.82. The van der Waals surface area contributed by atoms with Crippen LogP contribution < -0.4 is 4.90 Å². The predicted octanol–water partition coefficient (Wildman–Crippen LogP) is 1.72. The van der Waals surface area contributed by atoms with Gasteiger partial charge in [0.15, 0.2) is 5.13 Å². The molecule has 3 heterocycles. The van der Waals surface area contributed by atoms with Gasteiger partial charge in [-0.15, -0.1) is 11.3 Å². The van der Waals surface area contributed by atoms with E-state index in [1.807, 2.05) is 11.6 Å². The van der Waals surface area contributed by atoms with Gasteiger partial charge in [-0.25, -0.2) is 9.97 Å². The van der Waals surface area contributed by atoms with E-state index < -0.39 is 11.4 Å². The van der Waals surface area contributed by atoms with Crippen LogP contribution in [0.25, 0.3) is 0 Å². The number of nitrogens with zero attached hydrogens (tertiary/aromatic N) is 4. The third kappa shape index (κ3) is 2.07. The Labute approximate surface area is 120 Å². The molecular weight excluding hydrogens is 276 g/mol. The van der Waals surface area contributed by atoms with Crippen molar-refractivity contribution < 1.29 is 9.90 Å². The minimum atomic E-state index is -0.955. The van der Waals surface area contributed by atoms with Gasteiger partial charge in [-0.3, -0.25) is 4.79 Å². The Morgan fingerprint density at radius 3 is 3.00 bits per heavy atom. The lowest BCUT2D eigenvalue weighted by molar-refractivity contribution is -0.142. The van der Waals surface area contributed by atoms with Crippen LogP contribution in [-0.2, 0) is 23.3 Å². The Balaban J connectivity index is 1.83. The van der Waals surface area contributed by atoms with Crippen molar-refractivity contribution in [2.45, 2.75) is 32.4 Å². The zero-order chi connectivity index (χ0) is 14.3. The molecule has 106 valence electrons. The van der Waals surface area contributed by atoms with Gasteiger partial charge in [0, 0.05) is 30.9 Å². The molecule has 7 heteroatoms. The number of carbonyl (C=O) groups is 1. The average Bonchev–Trinajstić information content (AvgIpc) is 3.06. The standard InChI is InChI=1S/C13H16N4O2S/c1-13(2,11(18)19)9-8-20-12(15-9)17-6-5-16-4-3-14-10(16)7-17/h3-4,8H,5-7H2,1-2H3,(H,18,19). The maximum Gasteiger partial charge on any atom is 0.315 e. The van der Waals surface area contributed by atoms with Gasteiger partial charge in [0.05, 0.1) is 12.2 Å². The van der Waals surface area contributed by atoms with E-state index in [1.165, 1.54) is 11.3 Å². The summed E-state index contributed by atoms with van der Waals surface area (Å²) in [6.07, 6.45) is 3.78. The summed E-state index contributed by atoms with van der Waals surface area (Å²) in [7, 11) is 0. The fraction of sp³-hybridized carbons (Fsp3) is 0.462. The molecule has 0 fully saturated rings. The fourth-order valence-corrected chi connectivity index (χ4v) is 3.16. The van der Waals surface area contributed by atoms with E-state index in [1.54, 1.807) is 20.0 Å². The highest BCUT2D eigenvalue weighted by Gasteiger charge is 2.33. The molecule has 2 aromatic heterocycles. The van der Waals surface area contributed by atoms with Crippen molar-refractivity contribution in [1.82, 2.24) is 14.5 Å². The smallest absolute Gasteiger partial charge is 0.315 e. The van der Waals surface area contributed by atoms with Gasteiger partial charge in [-0.2, -0.15) is 0 Å². The molecule has 0 saturated heterocycles. The van der Waals surface area contributed by atoms with Crippen LogP contribution in [0.4, 0.5) is 5.13 Å². The Bertz CT molecular complexity index is 646. The Hall–Kier alpha value is -1.89. The first-order chi connectivity index (χ1) is 9.48. The van der Waals surface area contributed by atoms with Crippen LogP contribution in [0.2, 0.25) is 0 Å². The van der Waals surface area contributed by atoms with Crippen LogP contribution in [0.1, 0.15) is 25.4 Å². The Morgan fingerprint density at radius 2 is 2.25 bits per heavy atom. The normalized spacial score (nSPS) is 15.2. The topological polar surface area (TPSA) is 71.2 Å². The molecule has 1 N–H and O–H groups in total. The summed E-state index contributed by atoms with van der Waals surface area (Å²) >= 11 is 1.49. The van der Waals surface area contributed by atoms with Crippen LogP contribution in [0.15, 0.2) is 17.8 Å². The summed E-state index contributed by atoms with van der Waals surface area (Å²) in [4.78, 5) is 22.3. The molecule has 0 spiro atoms. The molecule has 0 aliphatic carbocycles. The third-order valence-corrected chi connectivity index (χ3v) is 4.58. The second-order valence-electron chi connectivity index (χ2n) is 5.40. The third-order valence-electron chi connectivity index (χ3n) is 3.68. The van der Waals surface area contributed by atoms with Crippen LogP contribution in [0, 0.1) is 0 Å². The van der Waals surface area contributed by atoms with Crippen LogP contribution in [0.5, 0.6) is 0 Å². The van der Waals surface area contributed by atoms with Gasteiger partial charge in [0.25, 0.3) is 0 Å². The molecule has 0 unspecified atom stereocenters. The first-order valence-electron chi connectivity index (χ1n) is 6.43. The molecule has 6 nitrogen and oxygen atoms in total. The van der Waals surface area contributed by atoms with E-state index in [0.717, 1.165) is 24.0 Å². The minimum absolute atomic E-state index is 0.610. The van der Waals surface area contributed by atoms with Crippen molar-refractivity contribution in [2.24, 2.45) is 0 Å². The van der Waals surface area contributed by atoms with Gasteiger partial charge in [0.1, 0.15) is 11.2 Å². The summed E-state index contributed by atoms with van der Waals surface area (Å²) in [5.74, 6) is 0.161. The zero-order valence-corrected chi connectivity index (χ0v) is 12.2. The number of aliphatic carboxylic acids is 1. The van der Waals surface area contributed by atoms with Gasteiger partial charge in [0.2, 0.25) is 0 Å². The molecule has 1 aliphatic rings. The molecule has 0 aromatic carbocycles. The SMILES string of the molecule is CC(C)(C(=O)O)c1csc(N2CCn3ccnc3C2)n1. The maximum atomic E-state index is 11.3. The molecular formula is C13H16N4O2S. The molecule has 0 bridgehead atoms. The number of hydrogen-bond donors (Lipinski definition) is 1. The van der Waals surface area contributed by atoms with Crippen molar-refractivity contribution in [3.8, 4) is 0 Å². The second kappa shape index (κ2) is 4.59. The highest BCUT2D eigenvalue weighted by molar-refractivity contribution is 7.13. The predicted molar refractivity (Wildman–Crippen MR) is 76.1 cm³/mol. The molecule has 3 rings (SSSR count). The number of fused-ring (bicyclic) bond motifs is 1. The van der Waals surface area contributed by atoms with Gasteiger partial charge >= 0.3 is 5.97 Å². The Morgan fingerprint density at radius 1 is 1.45 bits per heavy atom. The van der Waals surface area contributed by atoms with Crippen molar-refractivity contribution >= 4 is 22.4 Å². The van der Waals surface area contributed by atoms with Gasteiger partial charge in [-0.1, -0.05) is 0 Å². The molecule has 0 saturated carbocycles. The molecule has 0 amide bonds. The van der Waals surface area contributed by atoms with E-state index in [0.29, 0.717) is 12.2 Å². The monoisotopic (exact) mass is 292 g/mol. The summed E-state index contributed by atoms with van der Waals surface area (Å²) < 4.78 is 2.13. The minimum Gasteiger partial charge on any atom is -0.481 e. The lowest BCUT2D eigenvalue weighted by Gasteiger charge is -2.27. The second-order valence-corrected chi connectivity index (χ2v) is 6.24. The van der Waals surface area contributed by atoms with E-state index in [-0.39, 0.29) is 0 Å². The van der Waals surface area contributed by atoms with E-state index in [9.17, 15) is 9.90 Å². The molecule has 0 atom stereocenters. The Kier molecular flexibility index (Phi) is 3.01. The van der Waals surface area contributed by atoms with E-state index in [4.69, 9.17) is 0 Å². The van der Waals surface area contributed by atoms with Gasteiger partial charge < -0.3 is 14.6 Å². The number of imidazole rings is 1. The number of rotatable bonds is 3. The zero-order valence-electron chi connectivity index (χ0n) is 11.4. The first-order valence-corrected chi connectivity index (χ1v) is 7.31. The van der Waals surface area contributed by atoms with Crippen molar-refractivity contribution in [3.05, 3.63) is 29.3 Å². The van der Waals surface area contributed by atoms with Crippen LogP contribution in [0.3, 0.4) is 0 Å². The van der Waals surface area contributed by atoms with Crippen LogP contribution in [-0.4, -0.2) is 32.2 Å².